The number of carbonyl (C=O) groups is 3. The average Bonchev–Trinajstić information content (AvgIpc) is 2.75. The molecule has 8 nitrogen and oxygen atoms in total. The summed E-state index contributed by atoms with van der Waals surface area (Å²) in [7, 11) is 0. The molecule has 10 heteroatoms. The molecule has 0 radical (unpaired) electrons. The quantitative estimate of drug-likeness (QED) is 0.567. The molecular formula is C22H18Cl2N4O4. The van der Waals surface area contributed by atoms with Crippen LogP contribution in [-0.2, 0) is 16.1 Å². The van der Waals surface area contributed by atoms with E-state index in [1.54, 1.807) is 31.2 Å². The van der Waals surface area contributed by atoms with E-state index in [0.29, 0.717) is 32.9 Å². The van der Waals surface area contributed by atoms with Crippen molar-refractivity contribution in [2.45, 2.75) is 32.4 Å². The molecule has 0 spiro atoms. The summed E-state index contributed by atoms with van der Waals surface area (Å²) in [5.41, 5.74) is 0.933. The van der Waals surface area contributed by atoms with Gasteiger partial charge in [0.25, 0.3) is 11.5 Å². The minimum absolute atomic E-state index is 0.0613. The first-order valence-corrected chi connectivity index (χ1v) is 10.6. The van der Waals surface area contributed by atoms with Gasteiger partial charge in [0.05, 0.1) is 20.9 Å². The van der Waals surface area contributed by atoms with Crippen LogP contribution in [-0.4, -0.2) is 27.3 Å². The number of rotatable bonds is 4. The topological polar surface area (TPSA) is 110 Å². The number of nitrogens with zero attached hydrogens (tertiary/aromatic N) is 2. The number of fused-ring (bicyclic) bond motifs is 1. The van der Waals surface area contributed by atoms with E-state index in [2.05, 4.69) is 15.6 Å². The van der Waals surface area contributed by atoms with E-state index in [1.165, 1.54) is 16.7 Å². The third-order valence-corrected chi connectivity index (χ3v) is 6.07. The molecule has 1 fully saturated rings. The lowest BCUT2D eigenvalue weighted by molar-refractivity contribution is -0.135. The average molecular weight is 473 g/mol. The summed E-state index contributed by atoms with van der Waals surface area (Å²) in [5.74, 6) is -0.908. The summed E-state index contributed by atoms with van der Waals surface area (Å²) in [5, 5.41) is 5.94. The number of nitrogens with one attached hydrogen (secondary N) is 2. The zero-order valence-corrected chi connectivity index (χ0v) is 18.5. The van der Waals surface area contributed by atoms with Crippen molar-refractivity contribution in [1.29, 1.82) is 0 Å². The number of hydrogen-bond donors (Lipinski definition) is 2. The highest BCUT2D eigenvalue weighted by molar-refractivity contribution is 6.42. The number of halogens is 2. The largest absolute Gasteiger partial charge is 0.348 e. The standard InChI is InChI=1S/C22H18Cl2N4O4/c1-11-26-16-4-2-3-13(10-25-20(30)12-5-6-14(23)15(24)9-12)19(16)22(32)28(11)17-7-8-18(29)27-21(17)31/h2-6,9,17H,7-8,10H2,1H3,(H,25,30)(H,27,29,31). The molecule has 1 saturated heterocycles. The zero-order chi connectivity index (χ0) is 23.0. The monoisotopic (exact) mass is 472 g/mol. The number of piperidine rings is 1. The van der Waals surface area contributed by atoms with Gasteiger partial charge < -0.3 is 5.32 Å². The second kappa shape index (κ2) is 8.72. The van der Waals surface area contributed by atoms with Crippen LogP contribution in [0.1, 0.15) is 40.6 Å². The van der Waals surface area contributed by atoms with Crippen LogP contribution in [0, 0.1) is 6.92 Å². The molecule has 32 heavy (non-hydrogen) atoms. The molecular weight excluding hydrogens is 455 g/mol. The predicted molar refractivity (Wildman–Crippen MR) is 120 cm³/mol. The Morgan fingerprint density at radius 2 is 1.97 bits per heavy atom. The molecule has 3 amide bonds. The van der Waals surface area contributed by atoms with E-state index in [4.69, 9.17) is 23.2 Å². The van der Waals surface area contributed by atoms with Crippen LogP contribution in [0.3, 0.4) is 0 Å². The smallest absolute Gasteiger partial charge is 0.262 e. The number of carbonyl (C=O) groups excluding carboxylic acids is 3. The molecule has 1 aliphatic heterocycles. The summed E-state index contributed by atoms with van der Waals surface area (Å²) >= 11 is 11.9. The van der Waals surface area contributed by atoms with Crippen molar-refractivity contribution in [2.24, 2.45) is 0 Å². The first-order chi connectivity index (χ1) is 15.3. The van der Waals surface area contributed by atoms with Crippen LogP contribution in [0.4, 0.5) is 0 Å². The van der Waals surface area contributed by atoms with Gasteiger partial charge in [-0.25, -0.2) is 4.98 Å². The highest BCUT2D eigenvalue weighted by Gasteiger charge is 2.30. The molecule has 0 bridgehead atoms. The lowest BCUT2D eigenvalue weighted by Crippen LogP contribution is -2.45. The van der Waals surface area contributed by atoms with E-state index in [9.17, 15) is 19.2 Å². The van der Waals surface area contributed by atoms with Crippen LogP contribution in [0.25, 0.3) is 10.9 Å². The van der Waals surface area contributed by atoms with Gasteiger partial charge in [-0.05, 0) is 43.2 Å². The number of amides is 3. The molecule has 1 unspecified atom stereocenters. The van der Waals surface area contributed by atoms with Gasteiger partial charge in [0.15, 0.2) is 0 Å². The van der Waals surface area contributed by atoms with Crippen LogP contribution < -0.4 is 16.2 Å². The van der Waals surface area contributed by atoms with Gasteiger partial charge in [0, 0.05) is 18.5 Å². The lowest BCUT2D eigenvalue weighted by Gasteiger charge is -2.24. The maximum atomic E-state index is 13.4. The van der Waals surface area contributed by atoms with Gasteiger partial charge in [-0.1, -0.05) is 35.3 Å². The predicted octanol–water partition coefficient (Wildman–Crippen LogP) is 2.92. The number of imide groups is 1. The van der Waals surface area contributed by atoms with Gasteiger partial charge in [-0.15, -0.1) is 0 Å². The molecule has 0 saturated carbocycles. The summed E-state index contributed by atoms with van der Waals surface area (Å²) in [6.45, 7) is 1.70. The lowest BCUT2D eigenvalue weighted by atomic mass is 10.0. The van der Waals surface area contributed by atoms with Gasteiger partial charge in [0.1, 0.15) is 11.9 Å². The molecule has 0 aliphatic carbocycles. The summed E-state index contributed by atoms with van der Waals surface area (Å²) in [6.07, 6.45) is 0.358. The van der Waals surface area contributed by atoms with E-state index < -0.39 is 17.5 Å². The minimum atomic E-state index is -0.823. The Bertz CT molecular complexity index is 1340. The SMILES string of the molecule is Cc1nc2cccc(CNC(=O)c3ccc(Cl)c(Cl)c3)c2c(=O)n1C1CCC(=O)NC1=O. The zero-order valence-electron chi connectivity index (χ0n) is 16.9. The first-order valence-electron chi connectivity index (χ1n) is 9.84. The maximum absolute atomic E-state index is 13.4. The second-order valence-corrected chi connectivity index (χ2v) is 8.24. The molecule has 164 valence electrons. The third-order valence-electron chi connectivity index (χ3n) is 5.34. The van der Waals surface area contributed by atoms with Gasteiger partial charge in [-0.3, -0.25) is 29.1 Å². The number of benzene rings is 2. The fraction of sp³-hybridized carbons (Fsp3) is 0.227. The summed E-state index contributed by atoms with van der Waals surface area (Å²) in [4.78, 5) is 54.3. The minimum Gasteiger partial charge on any atom is -0.348 e. The van der Waals surface area contributed by atoms with Crippen molar-refractivity contribution in [3.63, 3.8) is 0 Å². The number of aromatic nitrogens is 2. The van der Waals surface area contributed by atoms with Crippen LogP contribution in [0.5, 0.6) is 0 Å². The second-order valence-electron chi connectivity index (χ2n) is 7.42. The van der Waals surface area contributed by atoms with Crippen molar-refractivity contribution in [1.82, 2.24) is 20.2 Å². The van der Waals surface area contributed by atoms with Gasteiger partial charge in [0.2, 0.25) is 11.8 Å². The number of hydrogen-bond acceptors (Lipinski definition) is 5. The molecule has 2 N–H and O–H groups in total. The maximum Gasteiger partial charge on any atom is 0.262 e. The van der Waals surface area contributed by atoms with E-state index in [0.717, 1.165) is 0 Å². The Balaban J connectivity index is 1.69. The highest BCUT2D eigenvalue weighted by atomic mass is 35.5. The fourth-order valence-corrected chi connectivity index (χ4v) is 4.08. The van der Waals surface area contributed by atoms with Crippen LogP contribution in [0.2, 0.25) is 10.0 Å². The Hall–Kier alpha value is -3.23. The Morgan fingerprint density at radius 1 is 1.19 bits per heavy atom. The van der Waals surface area contributed by atoms with E-state index >= 15 is 0 Å². The summed E-state index contributed by atoms with van der Waals surface area (Å²) in [6, 6.07) is 8.87. The summed E-state index contributed by atoms with van der Waals surface area (Å²) < 4.78 is 1.31. The number of aryl methyl sites for hydroxylation is 1. The third kappa shape index (κ3) is 4.11. The van der Waals surface area contributed by atoms with Gasteiger partial charge >= 0.3 is 0 Å². The van der Waals surface area contributed by atoms with E-state index in [1.807, 2.05) is 0 Å². The Labute approximate surface area is 192 Å². The molecule has 3 aromatic rings. The van der Waals surface area contributed by atoms with Crippen molar-refractivity contribution < 1.29 is 14.4 Å². The Kier molecular flexibility index (Phi) is 5.99. The molecule has 4 rings (SSSR count). The molecule has 1 aromatic heterocycles. The molecule has 2 heterocycles. The fourth-order valence-electron chi connectivity index (χ4n) is 3.78. The molecule has 2 aromatic carbocycles. The van der Waals surface area contributed by atoms with Crippen molar-refractivity contribution in [3.8, 4) is 0 Å². The van der Waals surface area contributed by atoms with E-state index in [-0.39, 0.29) is 36.2 Å². The normalized spacial score (nSPS) is 16.2. The first kappa shape index (κ1) is 22.0. The van der Waals surface area contributed by atoms with Crippen LogP contribution in [0.15, 0.2) is 41.2 Å². The Morgan fingerprint density at radius 3 is 2.69 bits per heavy atom. The van der Waals surface area contributed by atoms with Crippen molar-refractivity contribution >= 4 is 51.8 Å². The van der Waals surface area contributed by atoms with Crippen molar-refractivity contribution in [2.75, 3.05) is 0 Å². The van der Waals surface area contributed by atoms with Gasteiger partial charge in [-0.2, -0.15) is 0 Å². The van der Waals surface area contributed by atoms with Crippen molar-refractivity contribution in [3.05, 3.63) is 73.7 Å². The van der Waals surface area contributed by atoms with Crippen LogP contribution >= 0.6 is 23.2 Å². The molecule has 1 atom stereocenters. The molecule has 1 aliphatic rings. The highest BCUT2D eigenvalue weighted by Crippen LogP contribution is 2.23.